The summed E-state index contributed by atoms with van der Waals surface area (Å²) in [7, 11) is 0. The standard InChI is InChI=1S/C27H31N5O3/c1-20-18-26-31(12-3-13-32(26)29-20)27(34)11-10-25(33)28-23-8-6-21(7-9-23)22-4-2-5-24(19-22)30-14-16-35-17-15-30/h2,4-9,18-19H,3,10-17H2,1H3,(H,28,33). The van der Waals surface area contributed by atoms with Crippen molar-refractivity contribution < 1.29 is 14.3 Å². The van der Waals surface area contributed by atoms with Gasteiger partial charge in [-0.25, -0.2) is 4.68 Å². The maximum atomic E-state index is 12.8. The number of fused-ring (bicyclic) bond motifs is 1. The molecule has 1 saturated heterocycles. The van der Waals surface area contributed by atoms with Crippen molar-refractivity contribution >= 4 is 29.0 Å². The molecule has 2 aromatic carbocycles. The summed E-state index contributed by atoms with van der Waals surface area (Å²) in [6, 6.07) is 18.2. The molecule has 8 heteroatoms. The smallest absolute Gasteiger partial charge is 0.228 e. The highest BCUT2D eigenvalue weighted by Gasteiger charge is 2.24. The van der Waals surface area contributed by atoms with Crippen molar-refractivity contribution in [2.24, 2.45) is 0 Å². The molecule has 1 N–H and O–H groups in total. The van der Waals surface area contributed by atoms with Crippen molar-refractivity contribution in [1.29, 1.82) is 0 Å². The van der Waals surface area contributed by atoms with E-state index in [1.807, 2.05) is 41.9 Å². The lowest BCUT2D eigenvalue weighted by Gasteiger charge is -2.29. The second-order valence-corrected chi connectivity index (χ2v) is 9.04. The van der Waals surface area contributed by atoms with E-state index in [2.05, 4.69) is 39.6 Å². The summed E-state index contributed by atoms with van der Waals surface area (Å²) < 4.78 is 7.33. The third-order valence-corrected chi connectivity index (χ3v) is 6.50. The molecule has 2 amide bonds. The quantitative estimate of drug-likeness (QED) is 0.588. The Morgan fingerprint density at radius 1 is 0.943 bits per heavy atom. The Bertz CT molecular complexity index is 1200. The van der Waals surface area contributed by atoms with Gasteiger partial charge in [0.25, 0.3) is 0 Å². The number of anilines is 3. The zero-order chi connectivity index (χ0) is 24.2. The van der Waals surface area contributed by atoms with Crippen LogP contribution in [0.2, 0.25) is 0 Å². The lowest BCUT2D eigenvalue weighted by atomic mass is 10.0. The number of aromatic nitrogens is 2. The number of aryl methyl sites for hydroxylation is 2. The van der Waals surface area contributed by atoms with Crippen LogP contribution in [0.4, 0.5) is 17.2 Å². The number of nitrogens with one attached hydrogen (secondary N) is 1. The molecule has 1 aromatic heterocycles. The van der Waals surface area contributed by atoms with Crippen molar-refractivity contribution in [3.63, 3.8) is 0 Å². The number of ether oxygens (including phenoxy) is 1. The van der Waals surface area contributed by atoms with E-state index in [1.54, 1.807) is 4.90 Å². The maximum absolute atomic E-state index is 12.8. The molecule has 3 aromatic rings. The minimum absolute atomic E-state index is 0.0449. The number of morpholine rings is 1. The summed E-state index contributed by atoms with van der Waals surface area (Å²) in [5.41, 5.74) is 5.04. The Morgan fingerprint density at radius 3 is 2.54 bits per heavy atom. The fourth-order valence-electron chi connectivity index (χ4n) is 4.69. The second-order valence-electron chi connectivity index (χ2n) is 9.04. The summed E-state index contributed by atoms with van der Waals surface area (Å²) in [5, 5.41) is 7.34. The van der Waals surface area contributed by atoms with Gasteiger partial charge in [-0.3, -0.25) is 14.5 Å². The number of hydrogen-bond donors (Lipinski definition) is 1. The van der Waals surface area contributed by atoms with Crippen LogP contribution in [0.15, 0.2) is 54.6 Å². The zero-order valence-electron chi connectivity index (χ0n) is 20.1. The van der Waals surface area contributed by atoms with E-state index in [0.29, 0.717) is 6.54 Å². The highest BCUT2D eigenvalue weighted by atomic mass is 16.5. The van der Waals surface area contributed by atoms with E-state index >= 15 is 0 Å². The van der Waals surface area contributed by atoms with E-state index in [9.17, 15) is 9.59 Å². The van der Waals surface area contributed by atoms with E-state index in [-0.39, 0.29) is 24.7 Å². The van der Waals surface area contributed by atoms with Crippen LogP contribution in [-0.4, -0.2) is 54.4 Å². The number of hydrogen-bond acceptors (Lipinski definition) is 5. The topological polar surface area (TPSA) is 79.7 Å². The molecule has 0 unspecified atom stereocenters. The van der Waals surface area contributed by atoms with Crippen molar-refractivity contribution in [1.82, 2.24) is 9.78 Å². The highest BCUT2D eigenvalue weighted by Crippen LogP contribution is 2.27. The average Bonchev–Trinajstić information content (AvgIpc) is 3.28. The summed E-state index contributed by atoms with van der Waals surface area (Å²) in [4.78, 5) is 29.4. The van der Waals surface area contributed by atoms with Crippen LogP contribution in [0.5, 0.6) is 0 Å². The first-order chi connectivity index (χ1) is 17.1. The van der Waals surface area contributed by atoms with Gasteiger partial charge in [-0.15, -0.1) is 0 Å². The SMILES string of the molecule is Cc1cc2n(n1)CCCN2C(=O)CCC(=O)Nc1ccc(-c2cccc(N3CCOCC3)c2)cc1. The lowest BCUT2D eigenvalue weighted by Crippen LogP contribution is -2.37. The number of amides is 2. The third kappa shape index (κ3) is 5.38. The first-order valence-electron chi connectivity index (χ1n) is 12.2. The molecule has 35 heavy (non-hydrogen) atoms. The molecule has 0 spiro atoms. The van der Waals surface area contributed by atoms with Crippen molar-refractivity contribution in [2.75, 3.05) is 48.0 Å². The van der Waals surface area contributed by atoms with E-state index in [4.69, 9.17) is 4.74 Å². The van der Waals surface area contributed by atoms with Gasteiger partial charge in [0, 0.05) is 56.5 Å². The zero-order valence-corrected chi connectivity index (χ0v) is 20.1. The minimum Gasteiger partial charge on any atom is -0.378 e. The summed E-state index contributed by atoms with van der Waals surface area (Å²) in [6.07, 6.45) is 1.18. The van der Waals surface area contributed by atoms with Crippen molar-refractivity contribution in [3.05, 3.63) is 60.3 Å². The van der Waals surface area contributed by atoms with Gasteiger partial charge in [-0.2, -0.15) is 5.10 Å². The Hall–Kier alpha value is -3.65. The van der Waals surface area contributed by atoms with Crippen LogP contribution in [0.3, 0.4) is 0 Å². The maximum Gasteiger partial charge on any atom is 0.228 e. The molecule has 1 fully saturated rings. The molecule has 3 heterocycles. The van der Waals surface area contributed by atoms with Gasteiger partial charge in [-0.05, 0) is 48.7 Å². The lowest BCUT2D eigenvalue weighted by molar-refractivity contribution is -0.122. The Kier molecular flexibility index (Phi) is 6.81. The molecular formula is C27H31N5O3. The predicted molar refractivity (Wildman–Crippen MR) is 137 cm³/mol. The molecule has 0 saturated carbocycles. The molecule has 182 valence electrons. The Morgan fingerprint density at radius 2 is 1.74 bits per heavy atom. The van der Waals surface area contributed by atoms with Gasteiger partial charge in [0.1, 0.15) is 5.82 Å². The normalized spacial score (nSPS) is 15.6. The van der Waals surface area contributed by atoms with Crippen LogP contribution < -0.4 is 15.1 Å². The van der Waals surface area contributed by atoms with Crippen molar-refractivity contribution in [2.45, 2.75) is 32.7 Å². The third-order valence-electron chi connectivity index (χ3n) is 6.50. The summed E-state index contributed by atoms with van der Waals surface area (Å²) in [6.45, 7) is 6.73. The Balaban J connectivity index is 1.16. The average molecular weight is 474 g/mol. The fourth-order valence-corrected chi connectivity index (χ4v) is 4.69. The molecule has 2 aliphatic heterocycles. The number of carbonyl (C=O) groups excluding carboxylic acids is 2. The molecule has 5 rings (SSSR count). The van der Waals surface area contributed by atoms with Crippen molar-refractivity contribution in [3.8, 4) is 11.1 Å². The van der Waals surface area contributed by atoms with Gasteiger partial charge in [0.2, 0.25) is 11.8 Å². The van der Waals surface area contributed by atoms with Gasteiger partial charge < -0.3 is 15.0 Å². The first kappa shape index (κ1) is 23.1. The predicted octanol–water partition coefficient (Wildman–Crippen LogP) is 3.85. The van der Waals surface area contributed by atoms with Gasteiger partial charge >= 0.3 is 0 Å². The number of nitrogens with zero attached hydrogens (tertiary/aromatic N) is 4. The number of carbonyl (C=O) groups is 2. The second kappa shape index (κ2) is 10.3. The molecule has 2 aliphatic rings. The molecule has 0 aliphatic carbocycles. The Labute approximate surface area is 205 Å². The number of benzene rings is 2. The van der Waals surface area contributed by atoms with E-state index in [0.717, 1.165) is 67.6 Å². The molecular weight excluding hydrogens is 442 g/mol. The van der Waals surface area contributed by atoms with Crippen LogP contribution in [0.25, 0.3) is 11.1 Å². The molecule has 8 nitrogen and oxygen atoms in total. The first-order valence-corrected chi connectivity index (χ1v) is 12.2. The molecule has 0 radical (unpaired) electrons. The van der Waals surface area contributed by atoms with E-state index < -0.39 is 0 Å². The van der Waals surface area contributed by atoms with Crippen LogP contribution in [0, 0.1) is 6.92 Å². The van der Waals surface area contributed by atoms with Crippen LogP contribution >= 0.6 is 0 Å². The molecule has 0 atom stereocenters. The minimum atomic E-state index is -0.165. The van der Waals surface area contributed by atoms with Gasteiger partial charge in [-0.1, -0.05) is 24.3 Å². The van der Waals surface area contributed by atoms with Crippen LogP contribution in [-0.2, 0) is 20.9 Å². The summed E-state index contributed by atoms with van der Waals surface area (Å²) >= 11 is 0. The summed E-state index contributed by atoms with van der Waals surface area (Å²) in [5.74, 6) is 0.617. The fraction of sp³-hybridized carbons (Fsp3) is 0.370. The van der Waals surface area contributed by atoms with Gasteiger partial charge in [0.15, 0.2) is 0 Å². The monoisotopic (exact) mass is 473 g/mol. The molecule has 0 bridgehead atoms. The number of rotatable bonds is 6. The van der Waals surface area contributed by atoms with Crippen LogP contribution in [0.1, 0.15) is 25.0 Å². The van der Waals surface area contributed by atoms with E-state index in [1.165, 1.54) is 5.69 Å². The largest absolute Gasteiger partial charge is 0.378 e. The van der Waals surface area contributed by atoms with Gasteiger partial charge in [0.05, 0.1) is 18.9 Å². The highest BCUT2D eigenvalue weighted by molar-refractivity contribution is 5.98.